The molecule has 2 atom stereocenters. The summed E-state index contributed by atoms with van der Waals surface area (Å²) in [4.78, 5) is 50.6. The molecule has 160 valence electrons. The van der Waals surface area contributed by atoms with Gasteiger partial charge in [0.1, 0.15) is 12.1 Å². The second-order valence-electron chi connectivity index (χ2n) is 5.73. The minimum absolute atomic E-state index is 0.0996. The molecule has 28 heavy (non-hydrogen) atoms. The van der Waals surface area contributed by atoms with Gasteiger partial charge in [0.2, 0.25) is 17.7 Å². The van der Waals surface area contributed by atoms with Crippen molar-refractivity contribution in [2.24, 2.45) is 22.2 Å². The highest BCUT2D eigenvalue weighted by Gasteiger charge is 2.26. The van der Waals surface area contributed by atoms with Crippen LogP contribution in [0.25, 0.3) is 0 Å². The minimum atomic E-state index is -1.21. The normalized spacial score (nSPS) is 12.4. The first-order valence-electron chi connectivity index (χ1n) is 8.54. The van der Waals surface area contributed by atoms with Gasteiger partial charge in [0, 0.05) is 6.54 Å². The zero-order chi connectivity index (χ0) is 21.5. The Bertz CT molecular complexity index is 569. The highest BCUT2D eigenvalue weighted by Crippen LogP contribution is 2.04. The molecule has 0 aromatic carbocycles. The van der Waals surface area contributed by atoms with Crippen LogP contribution >= 0.6 is 11.8 Å². The van der Waals surface area contributed by atoms with Crippen molar-refractivity contribution in [3.63, 3.8) is 0 Å². The van der Waals surface area contributed by atoms with Crippen molar-refractivity contribution < 1.29 is 24.3 Å². The predicted octanol–water partition coefficient (Wildman–Crippen LogP) is -3.08. The smallest absolute Gasteiger partial charge is 0.326 e. The summed E-state index contributed by atoms with van der Waals surface area (Å²) in [7, 11) is 0. The summed E-state index contributed by atoms with van der Waals surface area (Å²) in [5, 5.41) is 16.5. The van der Waals surface area contributed by atoms with E-state index in [1.807, 2.05) is 6.26 Å². The van der Waals surface area contributed by atoms with Gasteiger partial charge in [-0.2, -0.15) is 11.8 Å². The number of nitrogens with one attached hydrogen (secondary N) is 3. The SMILES string of the molecule is CSCCC(NC(=O)CNC(=O)CN)C(=O)NC(CCCN=C(N)N)C(=O)O. The minimum Gasteiger partial charge on any atom is -0.480 e. The van der Waals surface area contributed by atoms with Crippen LogP contribution < -0.4 is 33.2 Å². The number of carbonyl (C=O) groups is 4. The first kappa shape index (κ1) is 25.5. The lowest BCUT2D eigenvalue weighted by atomic mass is 10.1. The Morgan fingerprint density at radius 3 is 2.29 bits per heavy atom. The zero-order valence-electron chi connectivity index (χ0n) is 15.8. The lowest BCUT2D eigenvalue weighted by molar-refractivity contribution is -0.142. The highest BCUT2D eigenvalue weighted by atomic mass is 32.2. The van der Waals surface area contributed by atoms with Gasteiger partial charge in [0.05, 0.1) is 13.1 Å². The molecule has 0 heterocycles. The third-order valence-corrected chi connectivity index (χ3v) is 4.10. The van der Waals surface area contributed by atoms with Crippen molar-refractivity contribution in [3.8, 4) is 0 Å². The Morgan fingerprint density at radius 1 is 1.07 bits per heavy atom. The molecule has 10 N–H and O–H groups in total. The summed E-state index contributed by atoms with van der Waals surface area (Å²) in [5.41, 5.74) is 15.5. The molecule has 0 saturated carbocycles. The maximum Gasteiger partial charge on any atom is 0.326 e. The predicted molar refractivity (Wildman–Crippen MR) is 106 cm³/mol. The van der Waals surface area contributed by atoms with Crippen molar-refractivity contribution in [1.82, 2.24) is 16.0 Å². The van der Waals surface area contributed by atoms with Gasteiger partial charge in [-0.1, -0.05) is 0 Å². The number of hydrogen-bond donors (Lipinski definition) is 7. The Morgan fingerprint density at radius 2 is 1.75 bits per heavy atom. The van der Waals surface area contributed by atoms with Gasteiger partial charge in [0.25, 0.3) is 0 Å². The summed E-state index contributed by atoms with van der Waals surface area (Å²) in [6, 6.07) is -2.08. The van der Waals surface area contributed by atoms with Gasteiger partial charge in [-0.15, -0.1) is 0 Å². The van der Waals surface area contributed by atoms with Crippen LogP contribution in [0, 0.1) is 0 Å². The van der Waals surface area contributed by atoms with Gasteiger partial charge < -0.3 is 38.3 Å². The summed E-state index contributed by atoms with van der Waals surface area (Å²) in [6.45, 7) is -0.362. The van der Waals surface area contributed by atoms with Gasteiger partial charge >= 0.3 is 5.97 Å². The van der Waals surface area contributed by atoms with E-state index in [4.69, 9.17) is 17.2 Å². The molecule has 13 heteroatoms. The van der Waals surface area contributed by atoms with Crippen molar-refractivity contribution >= 4 is 41.4 Å². The van der Waals surface area contributed by atoms with Crippen molar-refractivity contribution in [3.05, 3.63) is 0 Å². The molecule has 0 aromatic rings. The number of carbonyl (C=O) groups excluding carboxylic acids is 3. The highest BCUT2D eigenvalue weighted by molar-refractivity contribution is 7.98. The van der Waals surface area contributed by atoms with Crippen LogP contribution in [0.5, 0.6) is 0 Å². The zero-order valence-corrected chi connectivity index (χ0v) is 16.6. The lowest BCUT2D eigenvalue weighted by Gasteiger charge is -2.21. The van der Waals surface area contributed by atoms with Crippen LogP contribution in [0.1, 0.15) is 19.3 Å². The van der Waals surface area contributed by atoms with Crippen molar-refractivity contribution in [1.29, 1.82) is 0 Å². The fourth-order valence-corrected chi connectivity index (χ4v) is 2.51. The van der Waals surface area contributed by atoms with Crippen LogP contribution in [-0.4, -0.2) is 78.5 Å². The van der Waals surface area contributed by atoms with E-state index in [1.54, 1.807) is 0 Å². The maximum absolute atomic E-state index is 12.5. The molecule has 3 amide bonds. The number of carboxylic acids is 1. The number of rotatable bonds is 14. The number of thioether (sulfide) groups is 1. The fourth-order valence-electron chi connectivity index (χ4n) is 2.03. The Hall–Kier alpha value is -2.54. The molecule has 0 rings (SSSR count). The van der Waals surface area contributed by atoms with E-state index in [2.05, 4.69) is 20.9 Å². The van der Waals surface area contributed by atoms with E-state index in [9.17, 15) is 24.3 Å². The number of aliphatic imine (C=N–C) groups is 1. The molecule has 0 aliphatic carbocycles. The second-order valence-corrected chi connectivity index (χ2v) is 6.72. The molecule has 2 unspecified atom stereocenters. The average molecular weight is 420 g/mol. The number of nitrogens with two attached hydrogens (primary N) is 3. The first-order chi connectivity index (χ1) is 13.2. The number of nitrogens with zero attached hydrogens (tertiary/aromatic N) is 1. The maximum atomic E-state index is 12.5. The van der Waals surface area contributed by atoms with Crippen LogP contribution in [0.15, 0.2) is 4.99 Å². The molecule has 0 bridgehead atoms. The van der Waals surface area contributed by atoms with Gasteiger partial charge in [0.15, 0.2) is 5.96 Å². The Kier molecular flexibility index (Phi) is 13.2. The van der Waals surface area contributed by atoms with E-state index in [-0.39, 0.29) is 32.0 Å². The van der Waals surface area contributed by atoms with Gasteiger partial charge in [-0.25, -0.2) is 4.79 Å². The second kappa shape index (κ2) is 14.5. The Labute approximate surface area is 167 Å². The number of aliphatic carboxylic acids is 1. The monoisotopic (exact) mass is 419 g/mol. The third-order valence-electron chi connectivity index (χ3n) is 3.45. The molecule has 0 spiro atoms. The molecular formula is C15H29N7O5S. The van der Waals surface area contributed by atoms with Gasteiger partial charge in [-0.3, -0.25) is 19.4 Å². The molecule has 0 fully saturated rings. The van der Waals surface area contributed by atoms with Crippen molar-refractivity contribution in [2.75, 3.05) is 31.6 Å². The van der Waals surface area contributed by atoms with Crippen LogP contribution in [0.4, 0.5) is 0 Å². The summed E-state index contributed by atoms with van der Waals surface area (Å²) < 4.78 is 0. The van der Waals surface area contributed by atoms with Gasteiger partial charge in [-0.05, 0) is 31.3 Å². The van der Waals surface area contributed by atoms with Crippen LogP contribution in [0.2, 0.25) is 0 Å². The largest absolute Gasteiger partial charge is 0.480 e. The molecule has 0 saturated heterocycles. The van der Waals surface area contributed by atoms with E-state index in [0.717, 1.165) is 0 Å². The summed E-state index contributed by atoms with van der Waals surface area (Å²) >= 11 is 1.47. The summed E-state index contributed by atoms with van der Waals surface area (Å²) in [6.07, 6.45) is 2.60. The number of hydrogen-bond acceptors (Lipinski definition) is 7. The van der Waals surface area contributed by atoms with E-state index >= 15 is 0 Å². The van der Waals surface area contributed by atoms with E-state index in [1.165, 1.54) is 11.8 Å². The van der Waals surface area contributed by atoms with Crippen molar-refractivity contribution in [2.45, 2.75) is 31.3 Å². The summed E-state index contributed by atoms with van der Waals surface area (Å²) in [5.74, 6) is -2.45. The number of amides is 3. The van der Waals surface area contributed by atoms with Crippen LogP contribution in [0.3, 0.4) is 0 Å². The van der Waals surface area contributed by atoms with E-state index < -0.39 is 35.8 Å². The molecule has 0 aromatic heterocycles. The lowest BCUT2D eigenvalue weighted by Crippen LogP contribution is -2.53. The average Bonchev–Trinajstić information content (AvgIpc) is 2.64. The molecule has 0 aliphatic rings. The van der Waals surface area contributed by atoms with Crippen LogP contribution in [-0.2, 0) is 19.2 Å². The quantitative estimate of drug-likeness (QED) is 0.0861. The molecule has 12 nitrogen and oxygen atoms in total. The third kappa shape index (κ3) is 12.0. The molecular weight excluding hydrogens is 390 g/mol. The Balaban J connectivity index is 4.80. The van der Waals surface area contributed by atoms with E-state index in [0.29, 0.717) is 18.6 Å². The number of carboxylic acid groups (broad SMARTS) is 1. The first-order valence-corrected chi connectivity index (χ1v) is 9.94. The molecule has 0 aliphatic heterocycles. The fraction of sp³-hybridized carbons (Fsp3) is 0.667. The topological polar surface area (TPSA) is 215 Å². The molecule has 0 radical (unpaired) electrons. The standard InChI is InChI=1S/C15H29N7O5S/c1-28-6-4-9(21-12(24)8-20-11(23)7-16)13(25)22-10(14(26)27)3-2-5-19-15(17)18/h9-10H,2-8,16H2,1H3,(H,20,23)(H,21,24)(H,22,25)(H,26,27)(H4,17,18,19). The number of guanidine groups is 1.